The van der Waals surface area contributed by atoms with Crippen LogP contribution in [0.15, 0.2) is 42.5 Å². The Balaban J connectivity index is 1.72. The van der Waals surface area contributed by atoms with Crippen LogP contribution in [0.25, 0.3) is 0 Å². The van der Waals surface area contributed by atoms with Crippen LogP contribution in [-0.4, -0.2) is 33.2 Å². The zero-order valence-corrected chi connectivity index (χ0v) is 14.0. The fourth-order valence-electron chi connectivity index (χ4n) is 2.87. The highest BCUT2D eigenvalue weighted by molar-refractivity contribution is 6.04. The Morgan fingerprint density at radius 2 is 1.54 bits per heavy atom. The number of carbonyl (C=O) groups excluding carboxylic acids is 1. The van der Waals surface area contributed by atoms with Gasteiger partial charge in [-0.2, -0.15) is 0 Å². The lowest BCUT2D eigenvalue weighted by Crippen LogP contribution is -2.17. The van der Waals surface area contributed by atoms with Crippen molar-refractivity contribution in [2.24, 2.45) is 0 Å². The summed E-state index contributed by atoms with van der Waals surface area (Å²) < 4.78 is 10.4. The number of hydrogen-bond donors (Lipinski definition) is 1. The Morgan fingerprint density at radius 1 is 0.958 bits per heavy atom. The van der Waals surface area contributed by atoms with Crippen LogP contribution in [0.4, 0.5) is 11.4 Å². The average Bonchev–Trinajstić information content (AvgIpc) is 3.16. The van der Waals surface area contributed by atoms with E-state index in [9.17, 15) is 4.79 Å². The molecule has 2 aromatic carbocycles. The summed E-state index contributed by atoms with van der Waals surface area (Å²) in [6.07, 6.45) is 2.49. The lowest BCUT2D eigenvalue weighted by atomic mass is 10.1. The second-order valence-electron chi connectivity index (χ2n) is 5.80. The van der Waals surface area contributed by atoms with Crippen LogP contribution in [0.3, 0.4) is 0 Å². The van der Waals surface area contributed by atoms with E-state index in [2.05, 4.69) is 10.2 Å². The van der Waals surface area contributed by atoms with Gasteiger partial charge in [0.15, 0.2) is 0 Å². The molecule has 126 valence electrons. The number of methoxy groups -OCH3 is 2. The predicted octanol–water partition coefficient (Wildman–Crippen LogP) is 3.56. The van der Waals surface area contributed by atoms with Gasteiger partial charge in [-0.25, -0.2) is 0 Å². The summed E-state index contributed by atoms with van der Waals surface area (Å²) >= 11 is 0. The second-order valence-corrected chi connectivity index (χ2v) is 5.80. The molecule has 0 radical (unpaired) electrons. The minimum absolute atomic E-state index is 0.193. The predicted molar refractivity (Wildman–Crippen MR) is 95.4 cm³/mol. The topological polar surface area (TPSA) is 50.8 Å². The molecule has 0 bridgehead atoms. The molecule has 0 aromatic heterocycles. The highest BCUT2D eigenvalue weighted by Crippen LogP contribution is 2.25. The molecule has 1 N–H and O–H groups in total. The van der Waals surface area contributed by atoms with Gasteiger partial charge in [-0.15, -0.1) is 0 Å². The first-order valence-corrected chi connectivity index (χ1v) is 8.09. The number of anilines is 2. The second kappa shape index (κ2) is 7.25. The Hall–Kier alpha value is -2.69. The molecule has 5 nitrogen and oxygen atoms in total. The molecule has 5 heteroatoms. The summed E-state index contributed by atoms with van der Waals surface area (Å²) in [5.41, 5.74) is 2.47. The molecule has 1 aliphatic rings. The summed E-state index contributed by atoms with van der Waals surface area (Å²) in [7, 11) is 3.13. The fourth-order valence-corrected chi connectivity index (χ4v) is 2.87. The normalized spacial score (nSPS) is 13.7. The molecule has 0 spiro atoms. The maximum absolute atomic E-state index is 12.5. The van der Waals surface area contributed by atoms with E-state index in [-0.39, 0.29) is 5.91 Å². The van der Waals surface area contributed by atoms with E-state index in [1.54, 1.807) is 32.4 Å². The van der Waals surface area contributed by atoms with Crippen molar-refractivity contribution in [3.05, 3.63) is 48.0 Å². The average molecular weight is 326 g/mol. The van der Waals surface area contributed by atoms with Crippen LogP contribution >= 0.6 is 0 Å². The van der Waals surface area contributed by atoms with Crippen LogP contribution in [-0.2, 0) is 0 Å². The molecule has 0 atom stereocenters. The number of nitrogens with one attached hydrogen (secondary N) is 1. The lowest BCUT2D eigenvalue weighted by Gasteiger charge is -2.17. The number of ether oxygens (including phenoxy) is 2. The Labute approximate surface area is 142 Å². The summed E-state index contributed by atoms with van der Waals surface area (Å²) in [4.78, 5) is 14.8. The van der Waals surface area contributed by atoms with Gasteiger partial charge in [0.1, 0.15) is 11.5 Å². The largest absolute Gasteiger partial charge is 0.497 e. The number of carbonyl (C=O) groups is 1. The minimum Gasteiger partial charge on any atom is -0.497 e. The van der Waals surface area contributed by atoms with Crippen molar-refractivity contribution in [3.63, 3.8) is 0 Å². The number of rotatable bonds is 5. The molecule has 2 aromatic rings. The molecule has 0 saturated carbocycles. The lowest BCUT2D eigenvalue weighted by molar-refractivity contribution is 0.102. The first kappa shape index (κ1) is 16.2. The van der Waals surface area contributed by atoms with Crippen LogP contribution in [0.1, 0.15) is 23.2 Å². The van der Waals surface area contributed by atoms with Crippen molar-refractivity contribution in [1.29, 1.82) is 0 Å². The Bertz CT molecular complexity index is 685. The van der Waals surface area contributed by atoms with Gasteiger partial charge in [0.2, 0.25) is 0 Å². The Kier molecular flexibility index (Phi) is 4.89. The Morgan fingerprint density at radius 3 is 2.08 bits per heavy atom. The molecule has 0 unspecified atom stereocenters. The third-order valence-corrected chi connectivity index (χ3v) is 4.21. The van der Waals surface area contributed by atoms with Gasteiger partial charge in [0, 0.05) is 36.1 Å². The maximum Gasteiger partial charge on any atom is 0.255 e. The summed E-state index contributed by atoms with van der Waals surface area (Å²) in [5.74, 6) is 0.980. The SMILES string of the molecule is COc1cc(OC)cc(C(=O)Nc2ccc(N3CCCC3)cc2)c1. The zero-order chi connectivity index (χ0) is 16.9. The molecule has 3 rings (SSSR count). The van der Waals surface area contributed by atoms with Crippen LogP contribution < -0.4 is 19.7 Å². The molecule has 1 heterocycles. The molecular formula is C19H22N2O3. The van der Waals surface area contributed by atoms with Gasteiger partial charge in [-0.1, -0.05) is 0 Å². The van der Waals surface area contributed by atoms with Crippen molar-refractivity contribution >= 4 is 17.3 Å². The van der Waals surface area contributed by atoms with Gasteiger partial charge < -0.3 is 19.7 Å². The minimum atomic E-state index is -0.193. The van der Waals surface area contributed by atoms with E-state index in [0.717, 1.165) is 18.8 Å². The van der Waals surface area contributed by atoms with E-state index in [0.29, 0.717) is 17.1 Å². The van der Waals surface area contributed by atoms with Crippen LogP contribution in [0.5, 0.6) is 11.5 Å². The molecule has 24 heavy (non-hydrogen) atoms. The summed E-state index contributed by atoms with van der Waals surface area (Å²) in [6.45, 7) is 2.21. The first-order valence-electron chi connectivity index (χ1n) is 8.09. The van der Waals surface area contributed by atoms with Crippen molar-refractivity contribution in [2.45, 2.75) is 12.8 Å². The number of amides is 1. The summed E-state index contributed by atoms with van der Waals surface area (Å²) in [6, 6.07) is 13.1. The van der Waals surface area contributed by atoms with Gasteiger partial charge in [-0.05, 0) is 49.2 Å². The van der Waals surface area contributed by atoms with Crippen molar-refractivity contribution < 1.29 is 14.3 Å². The van der Waals surface area contributed by atoms with E-state index >= 15 is 0 Å². The van der Waals surface area contributed by atoms with Crippen molar-refractivity contribution in [3.8, 4) is 11.5 Å². The van der Waals surface area contributed by atoms with Gasteiger partial charge in [0.25, 0.3) is 5.91 Å². The smallest absolute Gasteiger partial charge is 0.255 e. The number of hydrogen-bond acceptors (Lipinski definition) is 4. The quantitative estimate of drug-likeness (QED) is 0.913. The van der Waals surface area contributed by atoms with Gasteiger partial charge in [0.05, 0.1) is 14.2 Å². The fraction of sp³-hybridized carbons (Fsp3) is 0.316. The molecule has 1 aliphatic heterocycles. The monoisotopic (exact) mass is 326 g/mol. The van der Waals surface area contributed by atoms with Gasteiger partial charge in [-0.3, -0.25) is 4.79 Å². The van der Waals surface area contributed by atoms with E-state index in [4.69, 9.17) is 9.47 Å². The van der Waals surface area contributed by atoms with E-state index in [1.807, 2.05) is 24.3 Å². The van der Waals surface area contributed by atoms with Crippen molar-refractivity contribution in [2.75, 3.05) is 37.5 Å². The molecule has 0 aliphatic carbocycles. The van der Waals surface area contributed by atoms with E-state index in [1.165, 1.54) is 18.5 Å². The van der Waals surface area contributed by atoms with Crippen LogP contribution in [0, 0.1) is 0 Å². The molecule has 1 saturated heterocycles. The standard InChI is InChI=1S/C19H22N2O3/c1-23-17-11-14(12-18(13-17)24-2)19(22)20-15-5-7-16(8-6-15)21-9-3-4-10-21/h5-8,11-13H,3-4,9-10H2,1-2H3,(H,20,22). The highest BCUT2D eigenvalue weighted by Gasteiger charge is 2.13. The molecule has 1 fully saturated rings. The molecular weight excluding hydrogens is 304 g/mol. The van der Waals surface area contributed by atoms with Crippen molar-refractivity contribution in [1.82, 2.24) is 0 Å². The zero-order valence-electron chi connectivity index (χ0n) is 14.0. The van der Waals surface area contributed by atoms with Gasteiger partial charge >= 0.3 is 0 Å². The first-order chi connectivity index (χ1) is 11.7. The highest BCUT2D eigenvalue weighted by atomic mass is 16.5. The number of benzene rings is 2. The van der Waals surface area contributed by atoms with E-state index < -0.39 is 0 Å². The summed E-state index contributed by atoms with van der Waals surface area (Å²) in [5, 5.41) is 2.91. The third-order valence-electron chi connectivity index (χ3n) is 4.21. The molecule has 1 amide bonds. The number of nitrogens with zero attached hydrogens (tertiary/aromatic N) is 1. The van der Waals surface area contributed by atoms with Crippen LogP contribution in [0.2, 0.25) is 0 Å². The maximum atomic E-state index is 12.5. The third kappa shape index (κ3) is 3.62.